The number of fused-ring (bicyclic) bond motifs is 1. The molecule has 0 spiro atoms. The highest BCUT2D eigenvalue weighted by Crippen LogP contribution is 2.43. The summed E-state index contributed by atoms with van der Waals surface area (Å²) in [6.07, 6.45) is 0. The molecule has 1 N–H and O–H groups in total. The molecule has 0 saturated carbocycles. The van der Waals surface area contributed by atoms with Crippen LogP contribution in [0.15, 0.2) is 66.7 Å². The minimum Gasteiger partial charge on any atom is -0.496 e. The van der Waals surface area contributed by atoms with Crippen molar-refractivity contribution >= 4 is 27.4 Å². The topological polar surface area (TPSA) is 65.0 Å². The summed E-state index contributed by atoms with van der Waals surface area (Å²) < 4.78 is 18.0. The van der Waals surface area contributed by atoms with Crippen molar-refractivity contribution in [1.29, 1.82) is 0 Å². The fourth-order valence-electron chi connectivity index (χ4n) is 2.98. The maximum atomic E-state index is 11.8. The van der Waals surface area contributed by atoms with E-state index < -0.39 is 5.97 Å². The number of hydrogen-bond donors (Lipinski definition) is 1. The molecule has 0 atom stereocenters. The molecule has 29 heavy (non-hydrogen) atoms. The molecule has 4 rings (SSSR count). The van der Waals surface area contributed by atoms with E-state index in [2.05, 4.69) is 0 Å². The molecule has 0 bridgehead atoms. The summed E-state index contributed by atoms with van der Waals surface area (Å²) in [4.78, 5) is 11.9. The van der Waals surface area contributed by atoms with Crippen LogP contribution in [0.1, 0.15) is 15.2 Å². The minimum absolute atomic E-state index is 0.150. The minimum atomic E-state index is -1.03. The van der Waals surface area contributed by atoms with Gasteiger partial charge in [-0.1, -0.05) is 18.2 Å². The summed E-state index contributed by atoms with van der Waals surface area (Å²) in [6, 6.07) is 20.3. The predicted molar refractivity (Wildman–Crippen MR) is 113 cm³/mol. The average Bonchev–Trinajstić information content (AvgIpc) is 3.07. The third kappa shape index (κ3) is 3.88. The summed E-state index contributed by atoms with van der Waals surface area (Å²) >= 11 is 1.18. The lowest BCUT2D eigenvalue weighted by Crippen LogP contribution is -1.96. The number of carboxylic acid groups (broad SMARTS) is 1. The van der Waals surface area contributed by atoms with Gasteiger partial charge in [0.2, 0.25) is 0 Å². The molecule has 5 nitrogen and oxygen atoms in total. The van der Waals surface area contributed by atoms with Crippen LogP contribution in [-0.2, 0) is 0 Å². The van der Waals surface area contributed by atoms with Gasteiger partial charge < -0.3 is 19.3 Å². The number of carbonyl (C=O) groups is 1. The van der Waals surface area contributed by atoms with Crippen molar-refractivity contribution in [3.8, 4) is 28.7 Å². The van der Waals surface area contributed by atoms with Gasteiger partial charge in [0.05, 0.1) is 7.11 Å². The first-order chi connectivity index (χ1) is 14.0. The van der Waals surface area contributed by atoms with Crippen LogP contribution in [0.4, 0.5) is 0 Å². The molecule has 0 fully saturated rings. The van der Waals surface area contributed by atoms with E-state index in [4.69, 9.17) is 14.2 Å². The summed E-state index contributed by atoms with van der Waals surface area (Å²) in [5, 5.41) is 10.3. The molecule has 0 radical (unpaired) electrons. The van der Waals surface area contributed by atoms with Crippen molar-refractivity contribution in [2.45, 2.75) is 6.92 Å². The van der Waals surface area contributed by atoms with Gasteiger partial charge in [-0.15, -0.1) is 11.3 Å². The van der Waals surface area contributed by atoms with Gasteiger partial charge in [0, 0.05) is 10.1 Å². The van der Waals surface area contributed by atoms with E-state index in [1.807, 2.05) is 49.4 Å². The Morgan fingerprint density at radius 3 is 2.14 bits per heavy atom. The number of carboxylic acids is 1. The van der Waals surface area contributed by atoms with Gasteiger partial charge in [0.15, 0.2) is 10.6 Å². The van der Waals surface area contributed by atoms with Gasteiger partial charge in [0.1, 0.15) is 23.0 Å². The lowest BCUT2D eigenvalue weighted by atomic mass is 10.1. The Hall–Kier alpha value is -3.51. The molecule has 0 unspecified atom stereocenters. The Kier molecular flexibility index (Phi) is 5.10. The third-order valence-corrected chi connectivity index (χ3v) is 5.50. The number of ether oxygens (including phenoxy) is 3. The molecule has 4 aromatic rings. The molecule has 0 aliphatic carbocycles. The van der Waals surface area contributed by atoms with Gasteiger partial charge >= 0.3 is 5.97 Å². The lowest BCUT2D eigenvalue weighted by molar-refractivity contribution is 0.0700. The summed E-state index contributed by atoms with van der Waals surface area (Å²) in [5.74, 6) is 1.89. The summed E-state index contributed by atoms with van der Waals surface area (Å²) in [5.41, 5.74) is 0.937. The van der Waals surface area contributed by atoms with Crippen LogP contribution in [0.25, 0.3) is 10.1 Å². The lowest BCUT2D eigenvalue weighted by Gasteiger charge is -2.09. The number of para-hydroxylation sites is 1. The molecule has 6 heteroatoms. The normalized spacial score (nSPS) is 10.7. The van der Waals surface area contributed by atoms with Gasteiger partial charge in [-0.3, -0.25) is 0 Å². The molecular formula is C23H18O5S. The first kappa shape index (κ1) is 18.8. The second kappa shape index (κ2) is 7.85. The number of benzene rings is 3. The van der Waals surface area contributed by atoms with E-state index in [1.165, 1.54) is 11.3 Å². The van der Waals surface area contributed by atoms with Gasteiger partial charge in [-0.05, 0) is 61.0 Å². The molecule has 3 aromatic carbocycles. The zero-order valence-corrected chi connectivity index (χ0v) is 16.7. The Bertz CT molecular complexity index is 1160. The molecule has 0 amide bonds. The van der Waals surface area contributed by atoms with Crippen molar-refractivity contribution < 1.29 is 24.1 Å². The van der Waals surface area contributed by atoms with Crippen molar-refractivity contribution in [2.75, 3.05) is 7.11 Å². The summed E-state index contributed by atoms with van der Waals surface area (Å²) in [7, 11) is 1.59. The fourth-order valence-corrected chi connectivity index (χ4v) is 4.03. The number of hydrogen-bond acceptors (Lipinski definition) is 5. The Balaban J connectivity index is 1.66. The zero-order chi connectivity index (χ0) is 20.4. The smallest absolute Gasteiger partial charge is 0.349 e. The van der Waals surface area contributed by atoms with E-state index in [-0.39, 0.29) is 4.88 Å². The molecule has 1 heterocycles. The quantitative estimate of drug-likeness (QED) is 0.396. The number of methoxy groups -OCH3 is 1. The van der Waals surface area contributed by atoms with Crippen LogP contribution in [0, 0.1) is 6.92 Å². The number of aryl methyl sites for hydroxylation is 1. The highest BCUT2D eigenvalue weighted by molar-refractivity contribution is 7.21. The standard InChI is InChI=1S/C23H18O5S/c1-14-12-20-18(13-19(14)26-2)21(22(29-20)23(24)25)28-17-10-8-16(9-11-17)27-15-6-4-3-5-7-15/h3-13H,1-2H3,(H,24,25). The van der Waals surface area contributed by atoms with Crippen molar-refractivity contribution in [1.82, 2.24) is 0 Å². The van der Waals surface area contributed by atoms with Crippen LogP contribution in [0.3, 0.4) is 0 Å². The largest absolute Gasteiger partial charge is 0.496 e. The van der Waals surface area contributed by atoms with Crippen LogP contribution < -0.4 is 14.2 Å². The molecular weight excluding hydrogens is 388 g/mol. The van der Waals surface area contributed by atoms with E-state index in [0.717, 1.165) is 16.0 Å². The second-order valence-corrected chi connectivity index (χ2v) is 7.42. The predicted octanol–water partition coefficient (Wildman–Crippen LogP) is 6.50. The van der Waals surface area contributed by atoms with E-state index in [1.54, 1.807) is 31.4 Å². The molecule has 0 saturated heterocycles. The van der Waals surface area contributed by atoms with Crippen LogP contribution in [0.2, 0.25) is 0 Å². The highest BCUT2D eigenvalue weighted by atomic mass is 32.1. The summed E-state index contributed by atoms with van der Waals surface area (Å²) in [6.45, 7) is 1.92. The first-order valence-corrected chi connectivity index (χ1v) is 9.72. The van der Waals surface area contributed by atoms with Crippen LogP contribution >= 0.6 is 11.3 Å². The van der Waals surface area contributed by atoms with Crippen molar-refractivity contribution in [2.24, 2.45) is 0 Å². The second-order valence-electron chi connectivity index (χ2n) is 6.37. The van der Waals surface area contributed by atoms with Crippen molar-refractivity contribution in [3.63, 3.8) is 0 Å². The van der Waals surface area contributed by atoms with Crippen LogP contribution in [-0.4, -0.2) is 18.2 Å². The highest BCUT2D eigenvalue weighted by Gasteiger charge is 2.21. The van der Waals surface area contributed by atoms with E-state index in [9.17, 15) is 9.90 Å². The van der Waals surface area contributed by atoms with E-state index in [0.29, 0.717) is 28.4 Å². The van der Waals surface area contributed by atoms with Gasteiger partial charge in [0.25, 0.3) is 0 Å². The molecule has 0 aliphatic rings. The Morgan fingerprint density at radius 1 is 0.897 bits per heavy atom. The maximum absolute atomic E-state index is 11.8. The van der Waals surface area contributed by atoms with Crippen molar-refractivity contribution in [3.05, 3.63) is 77.2 Å². The SMILES string of the molecule is COc1cc2c(Oc3ccc(Oc4ccccc4)cc3)c(C(=O)O)sc2cc1C. The monoisotopic (exact) mass is 406 g/mol. The molecule has 1 aromatic heterocycles. The van der Waals surface area contributed by atoms with Gasteiger partial charge in [-0.25, -0.2) is 4.79 Å². The number of aromatic carboxylic acids is 1. The first-order valence-electron chi connectivity index (χ1n) is 8.90. The Labute approximate surface area is 171 Å². The molecule has 146 valence electrons. The van der Waals surface area contributed by atoms with E-state index >= 15 is 0 Å². The van der Waals surface area contributed by atoms with Gasteiger partial charge in [-0.2, -0.15) is 0 Å². The zero-order valence-electron chi connectivity index (χ0n) is 15.8. The maximum Gasteiger partial charge on any atom is 0.349 e. The number of thiophene rings is 1. The number of rotatable bonds is 6. The fraction of sp³-hybridized carbons (Fsp3) is 0.0870. The van der Waals surface area contributed by atoms with Crippen LogP contribution in [0.5, 0.6) is 28.7 Å². The Morgan fingerprint density at radius 2 is 1.52 bits per heavy atom. The molecule has 0 aliphatic heterocycles. The third-order valence-electron chi connectivity index (χ3n) is 4.38. The average molecular weight is 406 g/mol.